The van der Waals surface area contributed by atoms with Crippen molar-refractivity contribution in [3.63, 3.8) is 0 Å². The summed E-state index contributed by atoms with van der Waals surface area (Å²) < 4.78 is 0. The Morgan fingerprint density at radius 1 is 1.18 bits per heavy atom. The summed E-state index contributed by atoms with van der Waals surface area (Å²) >= 11 is 0. The van der Waals surface area contributed by atoms with E-state index < -0.39 is 17.8 Å². The molecule has 3 N–H and O–H groups in total. The van der Waals surface area contributed by atoms with Crippen LogP contribution in [0.2, 0.25) is 0 Å². The van der Waals surface area contributed by atoms with Gasteiger partial charge in [0.05, 0.1) is 11.4 Å². The molecule has 0 bridgehead atoms. The van der Waals surface area contributed by atoms with Crippen molar-refractivity contribution >= 4 is 11.9 Å². The second-order valence-corrected chi connectivity index (χ2v) is 3.13. The number of nitrogens with one attached hydrogen (secondary N) is 1. The fourth-order valence-electron chi connectivity index (χ4n) is 1.33. The zero-order valence-electron chi connectivity index (χ0n) is 8.41. The molecule has 7 heteroatoms. The Labute approximate surface area is 94.8 Å². The van der Waals surface area contributed by atoms with Gasteiger partial charge in [-0.05, 0) is 12.1 Å². The lowest BCUT2D eigenvalue weighted by atomic mass is 10.2. The van der Waals surface area contributed by atoms with Crippen molar-refractivity contribution in [3.05, 3.63) is 35.9 Å². The van der Waals surface area contributed by atoms with Gasteiger partial charge in [0.25, 0.3) is 0 Å². The largest absolute Gasteiger partial charge is 0.476 e. The Kier molecular flexibility index (Phi) is 2.57. The minimum atomic E-state index is -1.32. The van der Waals surface area contributed by atoms with Gasteiger partial charge in [0.15, 0.2) is 5.69 Å². The van der Waals surface area contributed by atoms with Gasteiger partial charge in [-0.1, -0.05) is 6.07 Å². The predicted octanol–water partition coefficient (Wildman–Crippen LogP) is 0.868. The Balaban J connectivity index is 2.60. The van der Waals surface area contributed by atoms with Crippen molar-refractivity contribution in [3.8, 4) is 11.4 Å². The monoisotopic (exact) mass is 233 g/mol. The fourth-order valence-corrected chi connectivity index (χ4v) is 1.33. The second-order valence-electron chi connectivity index (χ2n) is 3.13. The minimum Gasteiger partial charge on any atom is -0.476 e. The summed E-state index contributed by atoms with van der Waals surface area (Å²) in [4.78, 5) is 31.5. The molecule has 0 amide bonds. The molecule has 0 radical (unpaired) electrons. The Bertz CT molecular complexity index is 576. The summed E-state index contributed by atoms with van der Waals surface area (Å²) in [6.07, 6.45) is 1.47. The van der Waals surface area contributed by atoms with E-state index in [1.165, 1.54) is 6.20 Å². The standard InChI is InChI=1S/C10H7N3O4/c14-9(15)7-6(5-3-1-2-4-11-5)12-8(13-7)10(16)17/h1-4H,(H,12,13)(H,14,15)(H,16,17). The molecule has 86 valence electrons. The molecular formula is C10H7N3O4. The number of carboxylic acid groups (broad SMARTS) is 2. The van der Waals surface area contributed by atoms with Crippen LogP contribution in [0.15, 0.2) is 24.4 Å². The third-order valence-corrected chi connectivity index (χ3v) is 2.03. The molecule has 0 fully saturated rings. The molecule has 2 aromatic heterocycles. The number of hydrogen-bond donors (Lipinski definition) is 3. The van der Waals surface area contributed by atoms with Crippen molar-refractivity contribution in [2.45, 2.75) is 0 Å². The number of H-pyrrole nitrogens is 1. The van der Waals surface area contributed by atoms with E-state index in [9.17, 15) is 9.59 Å². The minimum absolute atomic E-state index is 0.0792. The number of nitrogens with zero attached hydrogens (tertiary/aromatic N) is 2. The van der Waals surface area contributed by atoms with Crippen molar-refractivity contribution in [2.75, 3.05) is 0 Å². The topological polar surface area (TPSA) is 116 Å². The first-order chi connectivity index (χ1) is 8.09. The molecule has 0 unspecified atom stereocenters. The van der Waals surface area contributed by atoms with Gasteiger partial charge in [0.2, 0.25) is 5.82 Å². The average Bonchev–Trinajstić information content (AvgIpc) is 2.75. The van der Waals surface area contributed by atoms with Gasteiger partial charge in [-0.25, -0.2) is 14.6 Å². The predicted molar refractivity (Wildman–Crippen MR) is 55.7 cm³/mol. The summed E-state index contributed by atoms with van der Waals surface area (Å²) in [6.45, 7) is 0. The highest BCUT2D eigenvalue weighted by molar-refractivity contribution is 5.95. The van der Waals surface area contributed by atoms with Gasteiger partial charge in [-0.2, -0.15) is 0 Å². The number of carboxylic acids is 2. The molecule has 0 atom stereocenters. The number of imidazole rings is 1. The van der Waals surface area contributed by atoms with Crippen molar-refractivity contribution in [1.29, 1.82) is 0 Å². The molecule has 0 aliphatic rings. The van der Waals surface area contributed by atoms with Crippen LogP contribution < -0.4 is 0 Å². The van der Waals surface area contributed by atoms with E-state index in [0.717, 1.165) is 0 Å². The van der Waals surface area contributed by atoms with Crippen LogP contribution in [0.5, 0.6) is 0 Å². The average molecular weight is 233 g/mol. The maximum atomic E-state index is 10.9. The van der Waals surface area contributed by atoms with E-state index in [-0.39, 0.29) is 11.4 Å². The van der Waals surface area contributed by atoms with E-state index >= 15 is 0 Å². The zero-order chi connectivity index (χ0) is 12.4. The normalized spacial score (nSPS) is 10.1. The number of rotatable bonds is 3. The van der Waals surface area contributed by atoms with Crippen molar-refractivity contribution in [1.82, 2.24) is 15.0 Å². The Morgan fingerprint density at radius 3 is 2.47 bits per heavy atom. The van der Waals surface area contributed by atoms with E-state index in [1.54, 1.807) is 18.2 Å². The summed E-state index contributed by atoms with van der Waals surface area (Å²) in [5.41, 5.74) is 0.0431. The highest BCUT2D eigenvalue weighted by Gasteiger charge is 2.21. The first-order valence-electron chi connectivity index (χ1n) is 4.57. The third kappa shape index (κ3) is 1.98. The van der Waals surface area contributed by atoms with Crippen molar-refractivity contribution < 1.29 is 19.8 Å². The molecule has 7 nitrogen and oxygen atoms in total. The van der Waals surface area contributed by atoms with E-state index in [2.05, 4.69) is 15.0 Å². The van der Waals surface area contributed by atoms with Gasteiger partial charge in [-0.3, -0.25) is 4.98 Å². The fraction of sp³-hybridized carbons (Fsp3) is 0. The maximum Gasteiger partial charge on any atom is 0.371 e. The number of hydrogen-bond acceptors (Lipinski definition) is 4. The van der Waals surface area contributed by atoms with Crippen molar-refractivity contribution in [2.24, 2.45) is 0 Å². The molecule has 0 saturated heterocycles. The van der Waals surface area contributed by atoms with Gasteiger partial charge in [-0.15, -0.1) is 0 Å². The molecule has 0 spiro atoms. The summed E-state index contributed by atoms with van der Waals surface area (Å²) in [7, 11) is 0. The summed E-state index contributed by atoms with van der Waals surface area (Å²) in [6, 6.07) is 4.89. The molecule has 2 heterocycles. The Morgan fingerprint density at radius 2 is 1.94 bits per heavy atom. The van der Waals surface area contributed by atoms with Crippen LogP contribution in [0.25, 0.3) is 11.4 Å². The smallest absolute Gasteiger partial charge is 0.371 e. The number of aromatic carboxylic acids is 2. The highest BCUT2D eigenvalue weighted by Crippen LogP contribution is 2.19. The number of carbonyl (C=O) groups is 2. The summed E-state index contributed by atoms with van der Waals surface area (Å²) in [5, 5.41) is 17.7. The SMILES string of the molecule is O=C(O)c1nc(C(=O)O)c(-c2ccccn2)[nH]1. The van der Waals surface area contributed by atoms with Gasteiger partial charge in [0.1, 0.15) is 0 Å². The molecule has 0 aliphatic heterocycles. The van der Waals surface area contributed by atoms with E-state index in [1.807, 2.05) is 0 Å². The Hall–Kier alpha value is -2.70. The van der Waals surface area contributed by atoms with E-state index in [4.69, 9.17) is 10.2 Å². The lowest BCUT2D eigenvalue weighted by Gasteiger charge is -1.96. The number of aromatic nitrogens is 3. The lowest BCUT2D eigenvalue weighted by Crippen LogP contribution is -2.01. The van der Waals surface area contributed by atoms with Crippen LogP contribution in [-0.4, -0.2) is 37.1 Å². The van der Waals surface area contributed by atoms with Crippen LogP contribution in [0.4, 0.5) is 0 Å². The molecule has 0 aromatic carbocycles. The molecular weight excluding hydrogens is 226 g/mol. The van der Waals surface area contributed by atoms with Gasteiger partial charge >= 0.3 is 11.9 Å². The van der Waals surface area contributed by atoms with Crippen LogP contribution >= 0.6 is 0 Å². The third-order valence-electron chi connectivity index (χ3n) is 2.03. The molecule has 2 aromatic rings. The zero-order valence-corrected chi connectivity index (χ0v) is 8.41. The van der Waals surface area contributed by atoms with Crippen LogP contribution in [0.1, 0.15) is 21.1 Å². The van der Waals surface area contributed by atoms with Crippen LogP contribution in [-0.2, 0) is 0 Å². The number of pyridine rings is 1. The number of aromatic amines is 1. The van der Waals surface area contributed by atoms with E-state index in [0.29, 0.717) is 5.69 Å². The molecule has 0 saturated carbocycles. The van der Waals surface area contributed by atoms with Crippen LogP contribution in [0, 0.1) is 0 Å². The first-order valence-corrected chi connectivity index (χ1v) is 4.57. The molecule has 0 aliphatic carbocycles. The second kappa shape index (κ2) is 4.05. The van der Waals surface area contributed by atoms with Gasteiger partial charge in [0, 0.05) is 6.20 Å². The maximum absolute atomic E-state index is 10.9. The lowest BCUT2D eigenvalue weighted by molar-refractivity contribution is 0.0684. The van der Waals surface area contributed by atoms with Crippen LogP contribution in [0.3, 0.4) is 0 Å². The van der Waals surface area contributed by atoms with Gasteiger partial charge < -0.3 is 15.2 Å². The molecule has 2 rings (SSSR count). The summed E-state index contributed by atoms with van der Waals surface area (Å²) in [5.74, 6) is -3.06. The first kappa shape index (κ1) is 10.8. The quantitative estimate of drug-likeness (QED) is 0.724. The highest BCUT2D eigenvalue weighted by atomic mass is 16.4. The molecule has 17 heavy (non-hydrogen) atoms.